The number of carbonyl (C=O) groups is 1. The van der Waals surface area contributed by atoms with Crippen LogP contribution in [0, 0.1) is 0 Å². The van der Waals surface area contributed by atoms with E-state index in [1.165, 1.54) is 6.20 Å². The summed E-state index contributed by atoms with van der Waals surface area (Å²) in [6.07, 6.45) is 4.42. The highest BCUT2D eigenvalue weighted by Gasteiger charge is 2.20. The summed E-state index contributed by atoms with van der Waals surface area (Å²) in [7, 11) is 0. The van der Waals surface area contributed by atoms with Gasteiger partial charge in [-0.1, -0.05) is 11.6 Å². The number of anilines is 1. The van der Waals surface area contributed by atoms with Crippen LogP contribution in [0.25, 0.3) is 0 Å². The van der Waals surface area contributed by atoms with Crippen molar-refractivity contribution in [3.63, 3.8) is 0 Å². The number of nitrogens with zero attached hydrogens (tertiary/aromatic N) is 1. The lowest BCUT2D eigenvalue weighted by Crippen LogP contribution is -2.29. The van der Waals surface area contributed by atoms with Gasteiger partial charge < -0.3 is 16.2 Å². The van der Waals surface area contributed by atoms with E-state index < -0.39 is 5.91 Å². The number of aliphatic hydroxyl groups excluding tert-OH is 1. The largest absolute Gasteiger partial charge is 0.393 e. The van der Waals surface area contributed by atoms with Crippen LogP contribution in [-0.2, 0) is 0 Å². The SMILES string of the molecule is NC(=O)c1cnc(Cl)cc1NC1CCC(O)CC1. The molecule has 0 saturated heterocycles. The Balaban J connectivity index is 2.12. The van der Waals surface area contributed by atoms with Gasteiger partial charge in [0.15, 0.2) is 0 Å². The Morgan fingerprint density at radius 3 is 2.72 bits per heavy atom. The molecule has 4 N–H and O–H groups in total. The van der Waals surface area contributed by atoms with Crippen LogP contribution >= 0.6 is 11.6 Å². The normalized spacial score (nSPS) is 23.7. The van der Waals surface area contributed by atoms with E-state index in [0.29, 0.717) is 16.4 Å². The Hall–Kier alpha value is -1.33. The summed E-state index contributed by atoms with van der Waals surface area (Å²) in [6.45, 7) is 0. The third-order valence-corrected chi connectivity index (χ3v) is 3.40. The summed E-state index contributed by atoms with van der Waals surface area (Å²) in [4.78, 5) is 15.1. The van der Waals surface area contributed by atoms with Crippen LogP contribution < -0.4 is 11.1 Å². The van der Waals surface area contributed by atoms with E-state index in [4.69, 9.17) is 17.3 Å². The number of halogens is 1. The third kappa shape index (κ3) is 3.11. The highest BCUT2D eigenvalue weighted by Crippen LogP contribution is 2.25. The number of carbonyl (C=O) groups excluding carboxylic acids is 1. The minimum atomic E-state index is -0.530. The van der Waals surface area contributed by atoms with E-state index >= 15 is 0 Å². The van der Waals surface area contributed by atoms with Crippen molar-refractivity contribution in [2.45, 2.75) is 37.8 Å². The number of amides is 1. The van der Waals surface area contributed by atoms with Gasteiger partial charge in [-0.05, 0) is 31.7 Å². The van der Waals surface area contributed by atoms with Crippen molar-refractivity contribution in [2.75, 3.05) is 5.32 Å². The van der Waals surface area contributed by atoms with Gasteiger partial charge in [-0.3, -0.25) is 4.79 Å². The zero-order valence-corrected chi connectivity index (χ0v) is 10.7. The van der Waals surface area contributed by atoms with Gasteiger partial charge in [0.1, 0.15) is 5.15 Å². The van der Waals surface area contributed by atoms with Crippen LogP contribution in [0.1, 0.15) is 36.0 Å². The van der Waals surface area contributed by atoms with Crippen LogP contribution in [-0.4, -0.2) is 28.1 Å². The second-order valence-electron chi connectivity index (χ2n) is 4.57. The fourth-order valence-electron chi connectivity index (χ4n) is 2.19. The van der Waals surface area contributed by atoms with E-state index in [1.54, 1.807) is 6.07 Å². The molecular formula is C12H16ClN3O2. The molecule has 0 spiro atoms. The molecule has 1 fully saturated rings. The Kier molecular flexibility index (Phi) is 4.04. The molecule has 1 aliphatic rings. The van der Waals surface area contributed by atoms with E-state index in [1.807, 2.05) is 0 Å². The van der Waals surface area contributed by atoms with Gasteiger partial charge >= 0.3 is 0 Å². The maximum absolute atomic E-state index is 11.3. The smallest absolute Gasteiger partial charge is 0.252 e. The van der Waals surface area contributed by atoms with Gasteiger partial charge in [0, 0.05) is 12.2 Å². The summed E-state index contributed by atoms with van der Waals surface area (Å²) in [5, 5.41) is 13.0. The molecule has 1 aromatic rings. The van der Waals surface area contributed by atoms with Gasteiger partial charge in [0.05, 0.1) is 17.4 Å². The second-order valence-corrected chi connectivity index (χ2v) is 4.95. The Bertz CT molecular complexity index is 445. The maximum Gasteiger partial charge on any atom is 0.252 e. The molecule has 0 bridgehead atoms. The fraction of sp³-hybridized carbons (Fsp3) is 0.500. The van der Waals surface area contributed by atoms with Gasteiger partial charge in [-0.2, -0.15) is 0 Å². The molecule has 0 radical (unpaired) electrons. The molecule has 0 aliphatic heterocycles. The van der Waals surface area contributed by atoms with Gasteiger partial charge in [0.25, 0.3) is 5.91 Å². The predicted molar refractivity (Wildman–Crippen MR) is 69.7 cm³/mol. The first kappa shape index (κ1) is 13.1. The van der Waals surface area contributed by atoms with Crippen molar-refractivity contribution in [1.29, 1.82) is 0 Å². The molecule has 0 unspecified atom stereocenters. The van der Waals surface area contributed by atoms with Crippen molar-refractivity contribution in [3.8, 4) is 0 Å². The van der Waals surface area contributed by atoms with Crippen LogP contribution in [0.3, 0.4) is 0 Å². The summed E-state index contributed by atoms with van der Waals surface area (Å²) in [5.41, 5.74) is 6.24. The van der Waals surface area contributed by atoms with Crippen molar-refractivity contribution >= 4 is 23.2 Å². The molecule has 1 aromatic heterocycles. The highest BCUT2D eigenvalue weighted by molar-refractivity contribution is 6.29. The van der Waals surface area contributed by atoms with Gasteiger partial charge in [0.2, 0.25) is 0 Å². The van der Waals surface area contributed by atoms with Gasteiger partial charge in [-0.25, -0.2) is 4.98 Å². The monoisotopic (exact) mass is 269 g/mol. The Morgan fingerprint density at radius 1 is 1.44 bits per heavy atom. The fourth-order valence-corrected chi connectivity index (χ4v) is 2.34. The first-order chi connectivity index (χ1) is 8.56. The van der Waals surface area contributed by atoms with Gasteiger partial charge in [-0.15, -0.1) is 0 Å². The summed E-state index contributed by atoms with van der Waals surface area (Å²) >= 11 is 5.82. The van der Waals surface area contributed by atoms with Crippen LogP contribution in [0.5, 0.6) is 0 Å². The number of hydrogen-bond donors (Lipinski definition) is 3. The summed E-state index contributed by atoms with van der Waals surface area (Å²) in [5.74, 6) is -0.530. The number of hydrogen-bond acceptors (Lipinski definition) is 4. The molecule has 1 saturated carbocycles. The molecule has 1 aliphatic carbocycles. The zero-order valence-electron chi connectivity index (χ0n) is 9.90. The lowest BCUT2D eigenvalue weighted by Gasteiger charge is -2.27. The minimum absolute atomic E-state index is 0.209. The van der Waals surface area contributed by atoms with Crippen LogP contribution in [0.15, 0.2) is 12.3 Å². The van der Waals surface area contributed by atoms with Crippen molar-refractivity contribution < 1.29 is 9.90 Å². The zero-order chi connectivity index (χ0) is 13.1. The molecular weight excluding hydrogens is 254 g/mol. The Morgan fingerprint density at radius 2 is 2.11 bits per heavy atom. The number of aromatic nitrogens is 1. The molecule has 2 rings (SSSR count). The lowest BCUT2D eigenvalue weighted by atomic mass is 9.93. The van der Waals surface area contributed by atoms with E-state index in [-0.39, 0.29) is 12.1 Å². The molecule has 0 aromatic carbocycles. The van der Waals surface area contributed by atoms with Crippen LogP contribution in [0.2, 0.25) is 5.15 Å². The molecule has 6 heteroatoms. The Labute approximate surface area is 110 Å². The molecule has 1 heterocycles. The predicted octanol–water partition coefficient (Wildman–Crippen LogP) is 1.55. The average Bonchev–Trinajstić information content (AvgIpc) is 2.32. The molecule has 18 heavy (non-hydrogen) atoms. The number of rotatable bonds is 3. The van der Waals surface area contributed by atoms with E-state index in [9.17, 15) is 9.90 Å². The molecule has 5 nitrogen and oxygen atoms in total. The summed E-state index contributed by atoms with van der Waals surface area (Å²) < 4.78 is 0. The van der Waals surface area contributed by atoms with E-state index in [0.717, 1.165) is 25.7 Å². The number of nitrogens with one attached hydrogen (secondary N) is 1. The third-order valence-electron chi connectivity index (χ3n) is 3.19. The quantitative estimate of drug-likeness (QED) is 0.727. The highest BCUT2D eigenvalue weighted by atomic mass is 35.5. The number of pyridine rings is 1. The maximum atomic E-state index is 11.3. The van der Waals surface area contributed by atoms with Crippen molar-refractivity contribution in [2.24, 2.45) is 5.73 Å². The first-order valence-electron chi connectivity index (χ1n) is 5.96. The first-order valence-corrected chi connectivity index (χ1v) is 6.34. The molecule has 98 valence electrons. The minimum Gasteiger partial charge on any atom is -0.393 e. The van der Waals surface area contributed by atoms with Crippen molar-refractivity contribution in [1.82, 2.24) is 4.98 Å². The number of primary amides is 1. The van der Waals surface area contributed by atoms with Crippen molar-refractivity contribution in [3.05, 3.63) is 23.0 Å². The second kappa shape index (κ2) is 5.54. The average molecular weight is 270 g/mol. The number of nitrogens with two attached hydrogens (primary N) is 1. The molecule has 1 amide bonds. The number of aliphatic hydroxyl groups is 1. The van der Waals surface area contributed by atoms with Crippen LogP contribution in [0.4, 0.5) is 5.69 Å². The van der Waals surface area contributed by atoms with E-state index in [2.05, 4.69) is 10.3 Å². The lowest BCUT2D eigenvalue weighted by molar-refractivity contribution is 0.1000. The topological polar surface area (TPSA) is 88.2 Å². The summed E-state index contributed by atoms with van der Waals surface area (Å²) in [6, 6.07) is 1.83. The molecule has 0 atom stereocenters. The standard InChI is InChI=1S/C12H16ClN3O2/c13-11-5-10(9(6-15-11)12(14)18)16-7-1-3-8(17)4-2-7/h5-8,17H,1-4H2,(H2,14,18)(H,15,16).